The van der Waals surface area contributed by atoms with Crippen molar-refractivity contribution < 1.29 is 0 Å². The molecule has 5 heteroatoms. The molecule has 0 aliphatic rings. The van der Waals surface area contributed by atoms with Crippen LogP contribution in [0.15, 0.2) is 24.4 Å². The quantitative estimate of drug-likeness (QED) is 0.929. The van der Waals surface area contributed by atoms with Crippen LogP contribution in [-0.4, -0.2) is 16.8 Å². The van der Waals surface area contributed by atoms with Gasteiger partial charge in [0, 0.05) is 22.3 Å². The summed E-state index contributed by atoms with van der Waals surface area (Å²) in [5, 5.41) is 8.82. The summed E-state index contributed by atoms with van der Waals surface area (Å²) in [5.41, 5.74) is 3.07. The molecule has 18 heavy (non-hydrogen) atoms. The van der Waals surface area contributed by atoms with Gasteiger partial charge in [0.1, 0.15) is 0 Å². The van der Waals surface area contributed by atoms with Crippen LogP contribution in [-0.2, 0) is 0 Å². The number of nitrogens with zero attached hydrogens (tertiary/aromatic N) is 2. The smallest absolute Gasteiger partial charge is 0.0836 e. The summed E-state index contributed by atoms with van der Waals surface area (Å²) in [6, 6.07) is 5.66. The zero-order chi connectivity index (χ0) is 13.3. The van der Waals surface area contributed by atoms with Gasteiger partial charge in [-0.3, -0.25) is 0 Å². The number of hydrogen-bond donors (Lipinski definition) is 1. The van der Waals surface area contributed by atoms with Crippen LogP contribution >= 0.6 is 23.2 Å². The Morgan fingerprint density at radius 2 is 2.06 bits per heavy atom. The van der Waals surface area contributed by atoms with E-state index in [1.807, 2.05) is 37.0 Å². The van der Waals surface area contributed by atoms with Gasteiger partial charge in [0.05, 0.1) is 16.9 Å². The summed E-state index contributed by atoms with van der Waals surface area (Å²) < 4.78 is 1.84. The van der Waals surface area contributed by atoms with Gasteiger partial charge >= 0.3 is 0 Å². The Hall–Kier alpha value is -1.03. The molecule has 1 N–H and O–H groups in total. The van der Waals surface area contributed by atoms with E-state index in [0.717, 1.165) is 16.9 Å². The van der Waals surface area contributed by atoms with Crippen molar-refractivity contribution in [3.8, 4) is 5.69 Å². The zero-order valence-corrected chi connectivity index (χ0v) is 12.0. The Balaban J connectivity index is 2.49. The average molecular weight is 284 g/mol. The molecular weight excluding hydrogens is 269 g/mol. The third-order valence-corrected chi connectivity index (χ3v) is 3.62. The summed E-state index contributed by atoms with van der Waals surface area (Å²) in [6.07, 6.45) is 1.86. The van der Waals surface area contributed by atoms with Crippen LogP contribution in [0.1, 0.15) is 24.2 Å². The monoisotopic (exact) mass is 283 g/mol. The molecule has 1 heterocycles. The second kappa shape index (κ2) is 5.31. The average Bonchev–Trinajstić information content (AvgIpc) is 2.70. The molecule has 2 aromatic rings. The molecule has 0 amide bonds. The molecule has 3 nitrogen and oxygen atoms in total. The molecule has 0 saturated carbocycles. The first-order valence-corrected chi connectivity index (χ1v) is 6.47. The highest BCUT2D eigenvalue weighted by Gasteiger charge is 2.14. The predicted molar refractivity (Wildman–Crippen MR) is 75.8 cm³/mol. The molecule has 0 fully saturated rings. The van der Waals surface area contributed by atoms with Crippen molar-refractivity contribution in [2.24, 2.45) is 0 Å². The molecule has 2 rings (SSSR count). The summed E-state index contributed by atoms with van der Waals surface area (Å²) in [4.78, 5) is 0. The molecule has 96 valence electrons. The predicted octanol–water partition coefficient (Wildman–Crippen LogP) is 3.77. The van der Waals surface area contributed by atoms with E-state index in [2.05, 4.69) is 17.3 Å². The molecular formula is C13H15Cl2N3. The van der Waals surface area contributed by atoms with Crippen LogP contribution < -0.4 is 5.32 Å². The third kappa shape index (κ3) is 2.39. The van der Waals surface area contributed by atoms with Crippen molar-refractivity contribution in [3.63, 3.8) is 0 Å². The molecule has 1 atom stereocenters. The lowest BCUT2D eigenvalue weighted by molar-refractivity contribution is 0.647. The van der Waals surface area contributed by atoms with Gasteiger partial charge in [0.2, 0.25) is 0 Å². The Morgan fingerprint density at radius 1 is 1.33 bits per heavy atom. The first kappa shape index (κ1) is 13.4. The van der Waals surface area contributed by atoms with E-state index in [1.165, 1.54) is 0 Å². The standard InChI is InChI=1S/C13H15Cl2N3/c1-8(16-3)11-7-17-18(9(11)2)13-5-4-10(14)6-12(13)15/h4-8,16H,1-3H3. The first-order chi connectivity index (χ1) is 8.54. The lowest BCUT2D eigenvalue weighted by Gasteiger charge is -2.11. The highest BCUT2D eigenvalue weighted by molar-refractivity contribution is 6.35. The molecule has 1 aromatic carbocycles. The lowest BCUT2D eigenvalue weighted by Crippen LogP contribution is -2.13. The van der Waals surface area contributed by atoms with Crippen molar-refractivity contribution in [1.29, 1.82) is 0 Å². The van der Waals surface area contributed by atoms with Gasteiger partial charge in [-0.15, -0.1) is 0 Å². The zero-order valence-electron chi connectivity index (χ0n) is 10.5. The SMILES string of the molecule is CNC(C)c1cnn(-c2ccc(Cl)cc2Cl)c1C. The van der Waals surface area contributed by atoms with Crippen molar-refractivity contribution >= 4 is 23.2 Å². The summed E-state index contributed by atoms with van der Waals surface area (Å²) >= 11 is 12.1. The molecule has 0 aliphatic heterocycles. The third-order valence-electron chi connectivity index (χ3n) is 3.09. The van der Waals surface area contributed by atoms with Crippen molar-refractivity contribution in [1.82, 2.24) is 15.1 Å². The van der Waals surface area contributed by atoms with Crippen molar-refractivity contribution in [2.45, 2.75) is 19.9 Å². The normalized spacial score (nSPS) is 12.7. The molecule has 0 saturated heterocycles. The van der Waals surface area contributed by atoms with Gasteiger partial charge in [-0.25, -0.2) is 4.68 Å². The van der Waals surface area contributed by atoms with Crippen LogP contribution in [0, 0.1) is 6.92 Å². The van der Waals surface area contributed by atoms with Gasteiger partial charge in [-0.1, -0.05) is 23.2 Å². The van der Waals surface area contributed by atoms with E-state index >= 15 is 0 Å². The second-order valence-electron chi connectivity index (χ2n) is 4.20. The largest absolute Gasteiger partial charge is 0.313 e. The number of halogens is 2. The highest BCUT2D eigenvalue weighted by atomic mass is 35.5. The molecule has 0 bridgehead atoms. The molecule has 1 aromatic heterocycles. The number of nitrogens with one attached hydrogen (secondary N) is 1. The second-order valence-corrected chi connectivity index (χ2v) is 5.05. The maximum Gasteiger partial charge on any atom is 0.0836 e. The van der Waals surface area contributed by atoms with Crippen LogP contribution in [0.5, 0.6) is 0 Å². The van der Waals surface area contributed by atoms with E-state index in [4.69, 9.17) is 23.2 Å². The number of benzene rings is 1. The van der Waals surface area contributed by atoms with E-state index in [1.54, 1.807) is 6.07 Å². The van der Waals surface area contributed by atoms with Gasteiger partial charge < -0.3 is 5.32 Å². The van der Waals surface area contributed by atoms with Gasteiger partial charge in [-0.2, -0.15) is 5.10 Å². The summed E-state index contributed by atoms with van der Waals surface area (Å²) in [5.74, 6) is 0. The number of rotatable bonds is 3. The van der Waals surface area contributed by atoms with Gasteiger partial charge in [0.25, 0.3) is 0 Å². The maximum atomic E-state index is 6.20. The minimum Gasteiger partial charge on any atom is -0.313 e. The van der Waals surface area contributed by atoms with E-state index in [0.29, 0.717) is 10.0 Å². The van der Waals surface area contributed by atoms with E-state index in [-0.39, 0.29) is 6.04 Å². The van der Waals surface area contributed by atoms with Gasteiger partial charge in [-0.05, 0) is 39.1 Å². The fourth-order valence-electron chi connectivity index (χ4n) is 1.90. The van der Waals surface area contributed by atoms with Crippen LogP contribution in [0.4, 0.5) is 0 Å². The Morgan fingerprint density at radius 3 is 2.67 bits per heavy atom. The molecule has 0 radical (unpaired) electrons. The highest BCUT2D eigenvalue weighted by Crippen LogP contribution is 2.27. The summed E-state index contributed by atoms with van der Waals surface area (Å²) in [6.45, 7) is 4.12. The van der Waals surface area contributed by atoms with Crippen LogP contribution in [0.2, 0.25) is 10.0 Å². The fourth-order valence-corrected chi connectivity index (χ4v) is 2.39. The van der Waals surface area contributed by atoms with Crippen molar-refractivity contribution in [3.05, 3.63) is 45.7 Å². The number of aromatic nitrogens is 2. The lowest BCUT2D eigenvalue weighted by atomic mass is 10.1. The van der Waals surface area contributed by atoms with E-state index < -0.39 is 0 Å². The molecule has 0 spiro atoms. The Kier molecular flexibility index (Phi) is 3.95. The topological polar surface area (TPSA) is 29.9 Å². The number of hydrogen-bond acceptors (Lipinski definition) is 2. The minimum atomic E-state index is 0.254. The minimum absolute atomic E-state index is 0.254. The first-order valence-electron chi connectivity index (χ1n) is 5.71. The Labute approximate surface area is 117 Å². The summed E-state index contributed by atoms with van der Waals surface area (Å²) in [7, 11) is 1.93. The molecule has 0 aliphatic carbocycles. The van der Waals surface area contributed by atoms with Crippen molar-refractivity contribution in [2.75, 3.05) is 7.05 Å². The fraction of sp³-hybridized carbons (Fsp3) is 0.308. The maximum absolute atomic E-state index is 6.20. The molecule has 1 unspecified atom stereocenters. The van der Waals surface area contributed by atoms with E-state index in [9.17, 15) is 0 Å². The van der Waals surface area contributed by atoms with Crippen LogP contribution in [0.3, 0.4) is 0 Å². The van der Waals surface area contributed by atoms with Gasteiger partial charge in [0.15, 0.2) is 0 Å². The van der Waals surface area contributed by atoms with Crippen LogP contribution in [0.25, 0.3) is 5.69 Å². The Bertz CT molecular complexity index is 563.